The minimum absolute atomic E-state index is 0.261. The Morgan fingerprint density at radius 2 is 1.82 bits per heavy atom. The van der Waals surface area contributed by atoms with Crippen LogP contribution in [0.5, 0.6) is 11.5 Å². The van der Waals surface area contributed by atoms with Crippen LogP contribution in [0.3, 0.4) is 0 Å². The van der Waals surface area contributed by atoms with Crippen LogP contribution >= 0.6 is 0 Å². The summed E-state index contributed by atoms with van der Waals surface area (Å²) in [7, 11) is 1.77. The molecule has 2 aromatic heterocycles. The number of aromatic nitrogens is 3. The van der Waals surface area contributed by atoms with Gasteiger partial charge in [-0.15, -0.1) is 0 Å². The van der Waals surface area contributed by atoms with E-state index in [1.165, 1.54) is 31.5 Å². The zero-order valence-corrected chi connectivity index (χ0v) is 21.5. The number of imidazole rings is 1. The van der Waals surface area contributed by atoms with Gasteiger partial charge in [0.15, 0.2) is 0 Å². The third-order valence-corrected chi connectivity index (χ3v) is 6.66. The Labute approximate surface area is 223 Å². The average Bonchev–Trinajstić information content (AvgIpc) is 3.23. The van der Waals surface area contributed by atoms with Gasteiger partial charge >= 0.3 is 6.18 Å². The van der Waals surface area contributed by atoms with Gasteiger partial charge in [-0.2, -0.15) is 13.2 Å². The van der Waals surface area contributed by atoms with E-state index in [2.05, 4.69) is 25.5 Å². The number of carbonyl (C=O) groups is 1. The molecule has 1 fully saturated rings. The molecular formula is C28H29F3N6O2. The summed E-state index contributed by atoms with van der Waals surface area (Å²) in [4.78, 5) is 23.7. The first kappa shape index (κ1) is 26.5. The smallest absolute Gasteiger partial charge is 0.416 e. The second-order valence-electron chi connectivity index (χ2n) is 9.49. The number of fused-ring (bicyclic) bond motifs is 1. The normalized spacial score (nSPS) is 14.4. The Morgan fingerprint density at radius 3 is 2.62 bits per heavy atom. The number of piperidine rings is 1. The molecule has 0 bridgehead atoms. The number of nitrogens with zero attached hydrogens (tertiary/aromatic N) is 4. The first-order chi connectivity index (χ1) is 18.8. The summed E-state index contributed by atoms with van der Waals surface area (Å²) in [6.07, 6.45) is 0.756. The molecule has 1 amide bonds. The van der Waals surface area contributed by atoms with Crippen LogP contribution < -0.4 is 15.4 Å². The Hall–Kier alpha value is -4.12. The maximum atomic E-state index is 13.1. The largest absolute Gasteiger partial charge is 0.457 e. The minimum Gasteiger partial charge on any atom is -0.457 e. The van der Waals surface area contributed by atoms with Gasteiger partial charge < -0.3 is 24.8 Å². The summed E-state index contributed by atoms with van der Waals surface area (Å²) in [5.74, 6) is 1.06. The molecule has 5 rings (SSSR count). The predicted octanol–water partition coefficient (Wildman–Crippen LogP) is 5.74. The molecule has 3 heterocycles. The van der Waals surface area contributed by atoms with Crippen LogP contribution in [0.15, 0.2) is 60.8 Å². The molecule has 11 heteroatoms. The molecular weight excluding hydrogens is 509 g/mol. The molecule has 2 aromatic carbocycles. The van der Waals surface area contributed by atoms with Crippen LogP contribution in [0.1, 0.15) is 35.3 Å². The summed E-state index contributed by atoms with van der Waals surface area (Å²) in [6.45, 7) is 3.51. The molecule has 0 unspecified atom stereocenters. The Morgan fingerprint density at radius 1 is 1.03 bits per heavy atom. The van der Waals surface area contributed by atoms with Gasteiger partial charge in [0.1, 0.15) is 17.2 Å². The molecule has 1 saturated heterocycles. The molecule has 1 aliphatic rings. The molecule has 4 aromatic rings. The summed E-state index contributed by atoms with van der Waals surface area (Å²) < 4.78 is 47.0. The number of carbonyl (C=O) groups excluding carboxylic acids is 1. The van der Waals surface area contributed by atoms with E-state index in [1.54, 1.807) is 41.9 Å². The van der Waals surface area contributed by atoms with Crippen molar-refractivity contribution < 1.29 is 22.7 Å². The number of alkyl halides is 3. The standard InChI is InChI=1S/C28H29F3N6O2/c1-36-25-9-8-21(17-23(25)35-27(36)34-20-7-5-6-19(16-20)28(29,30)31)39-22-10-11-32-24(18-22)26(38)33-12-15-37-13-3-2-4-14-37/h5-11,16-18H,2-4,12-15H2,1H3,(H,33,38)(H,34,35). The van der Waals surface area contributed by atoms with E-state index in [0.717, 1.165) is 37.3 Å². The molecule has 0 spiro atoms. The van der Waals surface area contributed by atoms with Crippen molar-refractivity contribution in [2.24, 2.45) is 7.05 Å². The highest BCUT2D eigenvalue weighted by Crippen LogP contribution is 2.32. The topological polar surface area (TPSA) is 84.3 Å². The highest BCUT2D eigenvalue weighted by atomic mass is 19.4. The van der Waals surface area contributed by atoms with E-state index in [1.807, 2.05) is 6.07 Å². The number of halogens is 3. The van der Waals surface area contributed by atoms with Crippen LogP contribution in [-0.2, 0) is 13.2 Å². The molecule has 0 radical (unpaired) electrons. The Bertz CT molecular complexity index is 1460. The number of anilines is 2. The van der Waals surface area contributed by atoms with Gasteiger partial charge in [0.25, 0.3) is 5.91 Å². The van der Waals surface area contributed by atoms with Gasteiger partial charge in [0.2, 0.25) is 5.95 Å². The van der Waals surface area contributed by atoms with Crippen LogP contribution in [0.4, 0.5) is 24.8 Å². The van der Waals surface area contributed by atoms with Crippen molar-refractivity contribution in [3.8, 4) is 11.5 Å². The monoisotopic (exact) mass is 538 g/mol. The number of hydrogen-bond donors (Lipinski definition) is 2. The van der Waals surface area contributed by atoms with Gasteiger partial charge in [0, 0.05) is 44.2 Å². The van der Waals surface area contributed by atoms with Crippen molar-refractivity contribution >= 4 is 28.6 Å². The van der Waals surface area contributed by atoms with E-state index in [4.69, 9.17) is 4.74 Å². The quantitative estimate of drug-likeness (QED) is 0.298. The maximum absolute atomic E-state index is 13.1. The molecule has 8 nitrogen and oxygen atoms in total. The lowest BCUT2D eigenvalue weighted by Gasteiger charge is -2.26. The number of likely N-dealkylation sites (tertiary alicyclic amines) is 1. The maximum Gasteiger partial charge on any atom is 0.416 e. The van der Waals surface area contributed by atoms with Crippen LogP contribution in [0, 0.1) is 0 Å². The van der Waals surface area contributed by atoms with Crippen LogP contribution in [-0.4, -0.2) is 51.5 Å². The molecule has 1 aliphatic heterocycles. The SMILES string of the molecule is Cn1c(Nc2cccc(C(F)(F)F)c2)nc2cc(Oc3ccnc(C(=O)NCCN4CCCCC4)c3)ccc21. The number of amides is 1. The number of benzene rings is 2. The van der Waals surface area contributed by atoms with E-state index >= 15 is 0 Å². The van der Waals surface area contributed by atoms with Crippen molar-refractivity contribution in [3.63, 3.8) is 0 Å². The fourth-order valence-electron chi connectivity index (χ4n) is 4.59. The van der Waals surface area contributed by atoms with Gasteiger partial charge in [-0.25, -0.2) is 4.98 Å². The molecule has 0 atom stereocenters. The molecule has 0 aliphatic carbocycles. The second kappa shape index (κ2) is 11.3. The number of aryl methyl sites for hydroxylation is 1. The third kappa shape index (κ3) is 6.48. The van der Waals surface area contributed by atoms with E-state index < -0.39 is 11.7 Å². The Balaban J connectivity index is 1.25. The van der Waals surface area contributed by atoms with Gasteiger partial charge in [-0.3, -0.25) is 9.78 Å². The zero-order valence-electron chi connectivity index (χ0n) is 21.5. The summed E-state index contributed by atoms with van der Waals surface area (Å²) in [5, 5.41) is 5.88. The number of hydrogen-bond acceptors (Lipinski definition) is 6. The predicted molar refractivity (Wildman–Crippen MR) is 142 cm³/mol. The van der Waals surface area contributed by atoms with Gasteiger partial charge in [0.05, 0.1) is 16.6 Å². The fraction of sp³-hybridized carbons (Fsp3) is 0.321. The van der Waals surface area contributed by atoms with Crippen LogP contribution in [0.25, 0.3) is 11.0 Å². The van der Waals surface area contributed by atoms with E-state index in [0.29, 0.717) is 29.5 Å². The summed E-state index contributed by atoms with van der Waals surface area (Å²) in [5.41, 5.74) is 1.15. The lowest BCUT2D eigenvalue weighted by Crippen LogP contribution is -2.37. The van der Waals surface area contributed by atoms with Crippen LogP contribution in [0.2, 0.25) is 0 Å². The number of ether oxygens (including phenoxy) is 1. The van der Waals surface area contributed by atoms with Crippen molar-refractivity contribution in [2.75, 3.05) is 31.5 Å². The van der Waals surface area contributed by atoms with E-state index in [-0.39, 0.29) is 17.3 Å². The highest BCUT2D eigenvalue weighted by Gasteiger charge is 2.30. The average molecular weight is 539 g/mol. The summed E-state index contributed by atoms with van der Waals surface area (Å²) in [6, 6.07) is 13.5. The highest BCUT2D eigenvalue weighted by molar-refractivity contribution is 5.92. The van der Waals surface area contributed by atoms with Crippen molar-refractivity contribution in [2.45, 2.75) is 25.4 Å². The number of nitrogens with one attached hydrogen (secondary N) is 2. The first-order valence-corrected chi connectivity index (χ1v) is 12.8. The second-order valence-corrected chi connectivity index (χ2v) is 9.49. The third-order valence-electron chi connectivity index (χ3n) is 6.66. The minimum atomic E-state index is -4.43. The van der Waals surface area contributed by atoms with E-state index in [9.17, 15) is 18.0 Å². The molecule has 39 heavy (non-hydrogen) atoms. The number of pyridine rings is 1. The molecule has 0 saturated carbocycles. The zero-order chi connectivity index (χ0) is 27.4. The lowest BCUT2D eigenvalue weighted by molar-refractivity contribution is -0.137. The fourth-order valence-corrected chi connectivity index (χ4v) is 4.59. The molecule has 204 valence electrons. The molecule has 2 N–H and O–H groups in total. The van der Waals surface area contributed by atoms with Gasteiger partial charge in [-0.05, 0) is 62.3 Å². The number of rotatable bonds is 8. The lowest BCUT2D eigenvalue weighted by atomic mass is 10.1. The van der Waals surface area contributed by atoms with Crippen molar-refractivity contribution in [1.29, 1.82) is 0 Å². The Kier molecular flexibility index (Phi) is 7.69. The summed E-state index contributed by atoms with van der Waals surface area (Å²) >= 11 is 0. The first-order valence-electron chi connectivity index (χ1n) is 12.8. The van der Waals surface area contributed by atoms with Crippen molar-refractivity contribution in [1.82, 2.24) is 24.8 Å². The van der Waals surface area contributed by atoms with Gasteiger partial charge in [-0.1, -0.05) is 12.5 Å². The van der Waals surface area contributed by atoms with Crippen molar-refractivity contribution in [3.05, 3.63) is 72.1 Å².